The van der Waals surface area contributed by atoms with Crippen LogP contribution in [0.4, 0.5) is 9.18 Å². The summed E-state index contributed by atoms with van der Waals surface area (Å²) in [5.74, 6) is -0.739. The number of urea groups is 1. The third kappa shape index (κ3) is 3.84. The van der Waals surface area contributed by atoms with E-state index < -0.39 is 35.7 Å². The first kappa shape index (κ1) is 18.6. The van der Waals surface area contributed by atoms with E-state index in [2.05, 4.69) is 10.6 Å². The van der Waals surface area contributed by atoms with E-state index in [4.69, 9.17) is 4.42 Å². The topological polar surface area (TPSA) is 91.7 Å². The minimum Gasteiger partial charge on any atom is -0.469 e. The number of carbonyl (C=O) groups excluding carboxylic acids is 3. The molecule has 2 aromatic rings. The van der Waals surface area contributed by atoms with Crippen LogP contribution in [0.1, 0.15) is 25.2 Å². The molecule has 142 valence electrons. The van der Waals surface area contributed by atoms with Crippen LogP contribution in [-0.2, 0) is 21.5 Å². The van der Waals surface area contributed by atoms with E-state index in [0.717, 1.165) is 10.7 Å². The van der Waals surface area contributed by atoms with E-state index >= 15 is 0 Å². The summed E-state index contributed by atoms with van der Waals surface area (Å²) in [6, 6.07) is 7.96. The molecule has 0 bridgehead atoms. The van der Waals surface area contributed by atoms with Crippen LogP contribution in [0.3, 0.4) is 0 Å². The molecule has 1 fully saturated rings. The molecule has 1 aliphatic heterocycles. The summed E-state index contributed by atoms with van der Waals surface area (Å²) in [5.41, 5.74) is -0.901. The van der Waals surface area contributed by atoms with Gasteiger partial charge in [0.2, 0.25) is 5.91 Å². The van der Waals surface area contributed by atoms with Crippen molar-refractivity contribution >= 4 is 17.8 Å². The fraction of sp³-hybridized carbons (Fsp3) is 0.316. The van der Waals surface area contributed by atoms with Crippen molar-refractivity contribution in [3.63, 3.8) is 0 Å². The van der Waals surface area contributed by atoms with Gasteiger partial charge in [-0.2, -0.15) is 0 Å². The predicted molar refractivity (Wildman–Crippen MR) is 94.0 cm³/mol. The number of nitrogens with zero attached hydrogens (tertiary/aromatic N) is 1. The van der Waals surface area contributed by atoms with Gasteiger partial charge in [-0.25, -0.2) is 9.18 Å². The number of amides is 4. The second kappa shape index (κ2) is 7.22. The molecule has 8 heteroatoms. The van der Waals surface area contributed by atoms with Crippen LogP contribution >= 0.6 is 0 Å². The van der Waals surface area contributed by atoms with E-state index in [0.29, 0.717) is 12.0 Å². The quantitative estimate of drug-likeness (QED) is 0.757. The summed E-state index contributed by atoms with van der Waals surface area (Å²) >= 11 is 0. The van der Waals surface area contributed by atoms with E-state index in [-0.39, 0.29) is 6.04 Å². The van der Waals surface area contributed by atoms with Gasteiger partial charge in [0.15, 0.2) is 0 Å². The fourth-order valence-corrected chi connectivity index (χ4v) is 3.07. The van der Waals surface area contributed by atoms with E-state index in [1.54, 1.807) is 25.3 Å². The van der Waals surface area contributed by atoms with Crippen LogP contribution in [0, 0.1) is 5.82 Å². The largest absolute Gasteiger partial charge is 0.469 e. The van der Waals surface area contributed by atoms with Gasteiger partial charge < -0.3 is 15.1 Å². The zero-order valence-corrected chi connectivity index (χ0v) is 15.0. The number of nitrogens with one attached hydrogen (secondary N) is 2. The third-order valence-electron chi connectivity index (χ3n) is 4.49. The first-order valence-corrected chi connectivity index (χ1v) is 8.51. The molecule has 0 saturated carbocycles. The molecule has 1 aromatic carbocycles. The predicted octanol–water partition coefficient (Wildman–Crippen LogP) is 1.93. The highest BCUT2D eigenvalue weighted by molar-refractivity contribution is 6.09. The first-order chi connectivity index (χ1) is 12.8. The van der Waals surface area contributed by atoms with Crippen molar-refractivity contribution in [1.82, 2.24) is 15.5 Å². The SMILES string of the molecule is CC(Cc1ccco1)NC(=O)CN1C(=O)NC(C)(c2ccc(F)cc2)C1=O. The number of rotatable bonds is 6. The standard InChI is InChI=1S/C19H20FN3O4/c1-12(10-15-4-3-9-27-15)21-16(24)11-23-17(25)19(2,22-18(23)26)13-5-7-14(20)8-6-13/h3-9,12H,10-11H2,1-2H3,(H,21,24)(H,22,26). The zero-order valence-electron chi connectivity index (χ0n) is 15.0. The zero-order chi connectivity index (χ0) is 19.6. The smallest absolute Gasteiger partial charge is 0.325 e. The number of carbonyl (C=O) groups is 3. The lowest BCUT2D eigenvalue weighted by Gasteiger charge is -2.22. The maximum atomic E-state index is 13.1. The fourth-order valence-electron chi connectivity index (χ4n) is 3.07. The lowest BCUT2D eigenvalue weighted by molar-refractivity contribution is -0.135. The number of hydrogen-bond acceptors (Lipinski definition) is 4. The van der Waals surface area contributed by atoms with Crippen LogP contribution < -0.4 is 10.6 Å². The lowest BCUT2D eigenvalue weighted by Crippen LogP contribution is -2.45. The summed E-state index contributed by atoms with van der Waals surface area (Å²) in [6.45, 7) is 2.93. The van der Waals surface area contributed by atoms with Gasteiger partial charge in [0.1, 0.15) is 23.7 Å². The average Bonchev–Trinajstić information content (AvgIpc) is 3.18. The van der Waals surface area contributed by atoms with Gasteiger partial charge in [-0.05, 0) is 43.7 Å². The Balaban J connectivity index is 1.64. The molecule has 0 radical (unpaired) electrons. The van der Waals surface area contributed by atoms with Gasteiger partial charge in [0, 0.05) is 12.5 Å². The Kier molecular flexibility index (Phi) is 4.98. The van der Waals surface area contributed by atoms with Crippen molar-refractivity contribution in [2.45, 2.75) is 31.8 Å². The molecule has 2 N–H and O–H groups in total. The van der Waals surface area contributed by atoms with Crippen molar-refractivity contribution < 1.29 is 23.2 Å². The van der Waals surface area contributed by atoms with Gasteiger partial charge >= 0.3 is 6.03 Å². The van der Waals surface area contributed by atoms with Gasteiger partial charge in [-0.15, -0.1) is 0 Å². The lowest BCUT2D eigenvalue weighted by atomic mass is 9.92. The van der Waals surface area contributed by atoms with Crippen LogP contribution in [-0.4, -0.2) is 35.3 Å². The molecule has 3 rings (SSSR count). The highest BCUT2D eigenvalue weighted by atomic mass is 19.1. The Morgan fingerprint density at radius 2 is 2.00 bits per heavy atom. The highest BCUT2D eigenvalue weighted by Gasteiger charge is 2.49. The molecular weight excluding hydrogens is 353 g/mol. The van der Waals surface area contributed by atoms with Crippen molar-refractivity contribution in [3.8, 4) is 0 Å². The molecule has 7 nitrogen and oxygen atoms in total. The van der Waals surface area contributed by atoms with Crippen LogP contribution in [0.25, 0.3) is 0 Å². The maximum Gasteiger partial charge on any atom is 0.325 e. The molecule has 1 saturated heterocycles. The van der Waals surface area contributed by atoms with Gasteiger partial charge in [-0.1, -0.05) is 12.1 Å². The Labute approximate surface area is 155 Å². The molecule has 27 heavy (non-hydrogen) atoms. The molecule has 1 aliphatic rings. The van der Waals surface area contributed by atoms with E-state index in [9.17, 15) is 18.8 Å². The van der Waals surface area contributed by atoms with Crippen LogP contribution in [0.15, 0.2) is 47.1 Å². The van der Waals surface area contributed by atoms with Crippen LogP contribution in [0.2, 0.25) is 0 Å². The molecule has 4 amide bonds. The molecular formula is C19H20FN3O4. The number of hydrogen-bond donors (Lipinski definition) is 2. The first-order valence-electron chi connectivity index (χ1n) is 8.51. The summed E-state index contributed by atoms with van der Waals surface area (Å²) in [6.07, 6.45) is 2.04. The normalized spacial score (nSPS) is 20.5. The molecule has 0 aliphatic carbocycles. The summed E-state index contributed by atoms with van der Waals surface area (Å²) in [7, 11) is 0. The van der Waals surface area contributed by atoms with Gasteiger partial charge in [0.25, 0.3) is 5.91 Å². The Bertz CT molecular complexity index is 850. The summed E-state index contributed by atoms with van der Waals surface area (Å²) in [5, 5.41) is 5.32. The van der Waals surface area contributed by atoms with Crippen molar-refractivity contribution in [1.29, 1.82) is 0 Å². The molecule has 1 aromatic heterocycles. The van der Waals surface area contributed by atoms with Crippen molar-refractivity contribution in [3.05, 3.63) is 59.8 Å². The third-order valence-corrected chi connectivity index (χ3v) is 4.49. The monoisotopic (exact) mass is 373 g/mol. The molecule has 2 heterocycles. The maximum absolute atomic E-state index is 13.1. The average molecular weight is 373 g/mol. The minimum atomic E-state index is -1.34. The number of halogens is 1. The number of benzene rings is 1. The molecule has 2 unspecified atom stereocenters. The highest BCUT2D eigenvalue weighted by Crippen LogP contribution is 2.28. The Morgan fingerprint density at radius 1 is 1.30 bits per heavy atom. The summed E-state index contributed by atoms with van der Waals surface area (Å²) < 4.78 is 18.4. The Morgan fingerprint density at radius 3 is 2.63 bits per heavy atom. The van der Waals surface area contributed by atoms with E-state index in [1.165, 1.54) is 31.2 Å². The second-order valence-electron chi connectivity index (χ2n) is 6.71. The van der Waals surface area contributed by atoms with Gasteiger partial charge in [-0.3, -0.25) is 14.5 Å². The second-order valence-corrected chi connectivity index (χ2v) is 6.71. The summed E-state index contributed by atoms with van der Waals surface area (Å²) in [4.78, 5) is 38.1. The van der Waals surface area contributed by atoms with E-state index in [1.807, 2.05) is 0 Å². The molecule has 0 spiro atoms. The van der Waals surface area contributed by atoms with Gasteiger partial charge in [0.05, 0.1) is 6.26 Å². The Hall–Kier alpha value is -3.16. The minimum absolute atomic E-state index is 0.229. The van der Waals surface area contributed by atoms with Crippen molar-refractivity contribution in [2.75, 3.05) is 6.54 Å². The number of imide groups is 1. The van der Waals surface area contributed by atoms with Crippen LogP contribution in [0.5, 0.6) is 0 Å². The van der Waals surface area contributed by atoms with Crippen molar-refractivity contribution in [2.24, 2.45) is 0 Å². The number of furan rings is 1. The molecule has 2 atom stereocenters.